The molecule has 0 radical (unpaired) electrons. The molecule has 38 heavy (non-hydrogen) atoms. The van der Waals surface area contributed by atoms with Gasteiger partial charge in [0.2, 0.25) is 0 Å². The summed E-state index contributed by atoms with van der Waals surface area (Å²) in [5.74, 6) is 0. The van der Waals surface area contributed by atoms with Crippen molar-refractivity contribution < 1.29 is 15.3 Å². The Morgan fingerprint density at radius 1 is 0.526 bits per heavy atom. The molecule has 0 heterocycles. The van der Waals surface area contributed by atoms with Crippen LogP contribution in [-0.2, 0) is 15.3 Å². The summed E-state index contributed by atoms with van der Waals surface area (Å²) < 4.78 is 1.12. The molecular formula is C35H32Cl2Ti-2. The van der Waals surface area contributed by atoms with Crippen LogP contribution in [0, 0.1) is 27.7 Å². The van der Waals surface area contributed by atoms with E-state index in [1.165, 1.54) is 43.8 Å². The molecule has 0 saturated carbocycles. The van der Waals surface area contributed by atoms with E-state index in [0.717, 1.165) is 14.9 Å². The SMILES string of the molecule is Cc1ccc2[cH-]c(C)cc2c1.Cc1ccc2[cH-]c(C)cc2c1.[Cl][Ti]([Cl])=[C](c1ccccc1)c1ccccc1. The first-order valence-corrected chi connectivity index (χ1v) is 17.8. The van der Waals surface area contributed by atoms with Gasteiger partial charge < -0.3 is 0 Å². The van der Waals surface area contributed by atoms with Crippen molar-refractivity contribution in [3.05, 3.63) is 155 Å². The second-order valence-corrected chi connectivity index (χ2v) is 15.2. The van der Waals surface area contributed by atoms with E-state index < -0.39 is 15.3 Å². The number of aryl methyl sites for hydroxylation is 4. The first kappa shape index (κ1) is 28.3. The van der Waals surface area contributed by atoms with E-state index in [-0.39, 0.29) is 0 Å². The van der Waals surface area contributed by atoms with Gasteiger partial charge in [0.05, 0.1) is 0 Å². The van der Waals surface area contributed by atoms with E-state index in [2.05, 4.69) is 113 Å². The summed E-state index contributed by atoms with van der Waals surface area (Å²) in [6.07, 6.45) is 0. The number of hydrogen-bond donors (Lipinski definition) is 0. The topological polar surface area (TPSA) is 0 Å². The van der Waals surface area contributed by atoms with Gasteiger partial charge in [-0.05, 0) is 13.8 Å². The number of benzene rings is 4. The van der Waals surface area contributed by atoms with Crippen LogP contribution in [0.25, 0.3) is 21.5 Å². The molecule has 0 amide bonds. The molecule has 0 aliphatic heterocycles. The molecule has 0 spiro atoms. The fourth-order valence-electron chi connectivity index (χ4n) is 4.56. The molecule has 6 rings (SSSR count). The zero-order chi connectivity index (χ0) is 27.1. The van der Waals surface area contributed by atoms with E-state index in [4.69, 9.17) is 18.6 Å². The number of halogens is 2. The Balaban J connectivity index is 0.000000136. The molecule has 3 heteroatoms. The van der Waals surface area contributed by atoms with Crippen molar-refractivity contribution in [3.8, 4) is 0 Å². The predicted octanol–water partition coefficient (Wildman–Crippen LogP) is 10.5. The van der Waals surface area contributed by atoms with Crippen LogP contribution in [0.4, 0.5) is 0 Å². The van der Waals surface area contributed by atoms with E-state index in [1.54, 1.807) is 0 Å². The van der Waals surface area contributed by atoms with Gasteiger partial charge in [0.15, 0.2) is 0 Å². The third-order valence-electron chi connectivity index (χ3n) is 6.33. The third-order valence-corrected chi connectivity index (χ3v) is 9.38. The minimum absolute atomic E-state index is 1.12. The summed E-state index contributed by atoms with van der Waals surface area (Å²) >= 11 is -2.15. The molecule has 0 unspecified atom stereocenters. The number of fused-ring (bicyclic) bond motifs is 2. The van der Waals surface area contributed by atoms with E-state index >= 15 is 0 Å². The average Bonchev–Trinajstić information content (AvgIpc) is 3.45. The quantitative estimate of drug-likeness (QED) is 0.143. The maximum atomic E-state index is 6.21. The molecule has 192 valence electrons. The van der Waals surface area contributed by atoms with Gasteiger partial charge in [0.1, 0.15) is 0 Å². The van der Waals surface area contributed by atoms with Crippen LogP contribution < -0.4 is 0 Å². The summed E-state index contributed by atoms with van der Waals surface area (Å²) in [6, 6.07) is 42.2. The van der Waals surface area contributed by atoms with Crippen LogP contribution in [0.3, 0.4) is 0 Å². The van der Waals surface area contributed by atoms with Gasteiger partial charge in [-0.25, -0.2) is 0 Å². The second-order valence-electron chi connectivity index (χ2n) is 9.70. The number of rotatable bonds is 2. The Labute approximate surface area is 240 Å². The summed E-state index contributed by atoms with van der Waals surface area (Å²) in [5.41, 5.74) is 7.64. The van der Waals surface area contributed by atoms with Gasteiger partial charge in [-0.1, -0.05) is 25.0 Å². The Hall–Kier alpha value is -2.74. The van der Waals surface area contributed by atoms with E-state index in [0.29, 0.717) is 0 Å². The monoisotopic (exact) mass is 570 g/mol. The van der Waals surface area contributed by atoms with Crippen molar-refractivity contribution in [2.45, 2.75) is 27.7 Å². The van der Waals surface area contributed by atoms with Crippen LogP contribution in [0.15, 0.2) is 121 Å². The molecule has 0 atom stereocenters. The van der Waals surface area contributed by atoms with Crippen molar-refractivity contribution in [3.63, 3.8) is 0 Å². The molecule has 0 N–H and O–H groups in total. The zero-order valence-corrected chi connectivity index (χ0v) is 25.4. The summed E-state index contributed by atoms with van der Waals surface area (Å²) in [4.78, 5) is 0. The van der Waals surface area contributed by atoms with Crippen LogP contribution in [-0.4, -0.2) is 3.81 Å². The standard InChI is InChI=1S/C13H10.2C11H11.2ClH.Ti/c1-3-7-12(8-4-1)11-13-9-5-2-6-10-13;2*1-8-3-4-10-6-9(2)7-11(10)5-8;;;/h1-10H;2*3-7H,1-2H3;2*1H;/q;2*-1;;;+2/p-2. The van der Waals surface area contributed by atoms with Crippen molar-refractivity contribution in [2.75, 3.05) is 0 Å². The molecule has 0 aliphatic rings. The van der Waals surface area contributed by atoms with E-state index in [1.807, 2.05) is 36.4 Å². The summed E-state index contributed by atoms with van der Waals surface area (Å²) in [6.45, 7) is 8.52. The summed E-state index contributed by atoms with van der Waals surface area (Å²) in [5, 5.41) is 5.44. The molecule has 0 nitrogen and oxygen atoms in total. The molecule has 0 aliphatic carbocycles. The van der Waals surface area contributed by atoms with Crippen molar-refractivity contribution in [1.82, 2.24) is 0 Å². The Kier molecular flexibility index (Phi) is 9.94. The number of hydrogen-bond acceptors (Lipinski definition) is 0. The van der Waals surface area contributed by atoms with Gasteiger partial charge in [0.25, 0.3) is 0 Å². The van der Waals surface area contributed by atoms with Crippen LogP contribution in [0.2, 0.25) is 0 Å². The maximum absolute atomic E-state index is 6.21. The van der Waals surface area contributed by atoms with Gasteiger partial charge in [-0.2, -0.15) is 12.1 Å². The van der Waals surface area contributed by atoms with Gasteiger partial charge in [-0.15, -0.1) is 81.2 Å². The molecule has 0 aromatic heterocycles. The van der Waals surface area contributed by atoms with Crippen molar-refractivity contribution in [1.29, 1.82) is 0 Å². The second kappa shape index (κ2) is 13.4. The molecule has 6 aromatic rings. The molecule has 0 bridgehead atoms. The van der Waals surface area contributed by atoms with Crippen molar-refractivity contribution >= 4 is 44.0 Å². The van der Waals surface area contributed by atoms with Gasteiger partial charge >= 0.3 is 109 Å². The first-order chi connectivity index (χ1) is 18.3. The van der Waals surface area contributed by atoms with Crippen LogP contribution in [0.5, 0.6) is 0 Å². The average molecular weight is 571 g/mol. The van der Waals surface area contributed by atoms with Gasteiger partial charge in [0, 0.05) is 0 Å². The normalized spacial score (nSPS) is 10.4. The molecular weight excluding hydrogens is 539 g/mol. The molecule has 6 aromatic carbocycles. The fourth-order valence-corrected chi connectivity index (χ4v) is 7.56. The predicted molar refractivity (Wildman–Crippen MR) is 166 cm³/mol. The molecule has 0 saturated heterocycles. The third kappa shape index (κ3) is 7.65. The van der Waals surface area contributed by atoms with Crippen LogP contribution >= 0.6 is 18.6 Å². The Morgan fingerprint density at radius 3 is 1.29 bits per heavy atom. The Bertz CT molecular complexity index is 1530. The van der Waals surface area contributed by atoms with Crippen molar-refractivity contribution in [2.24, 2.45) is 0 Å². The van der Waals surface area contributed by atoms with E-state index in [9.17, 15) is 0 Å². The van der Waals surface area contributed by atoms with Crippen LogP contribution in [0.1, 0.15) is 33.4 Å². The Morgan fingerprint density at radius 2 is 0.921 bits per heavy atom. The molecule has 0 fully saturated rings. The minimum atomic E-state index is -2.15. The summed E-state index contributed by atoms with van der Waals surface area (Å²) in [7, 11) is 12.4. The zero-order valence-electron chi connectivity index (χ0n) is 22.3. The van der Waals surface area contributed by atoms with Gasteiger partial charge in [-0.3, -0.25) is 0 Å². The fraction of sp³-hybridized carbons (Fsp3) is 0.114. The first-order valence-electron chi connectivity index (χ1n) is 12.7.